The van der Waals surface area contributed by atoms with Crippen LogP contribution >= 0.6 is 0 Å². The van der Waals surface area contributed by atoms with Crippen molar-refractivity contribution >= 4 is 129 Å². The fourth-order valence-corrected chi connectivity index (χ4v) is 11.2. The van der Waals surface area contributed by atoms with Crippen LogP contribution in [0.25, 0.3) is 10.9 Å². The number of hydrogen-bond donors (Lipinski definition) is 20. The number of nitrogens with two attached hydrogens (primary N) is 2. The summed E-state index contributed by atoms with van der Waals surface area (Å²) in [6.07, 6.45) is -7.68. The fourth-order valence-electron chi connectivity index (χ4n) is 11.2. The van der Waals surface area contributed by atoms with Crippen LogP contribution in [0.4, 0.5) is 0 Å². The van der Waals surface area contributed by atoms with Crippen LogP contribution in [0.1, 0.15) is 138 Å². The number of para-hydroxylation sites is 1. The number of rotatable bonds is 33. The van der Waals surface area contributed by atoms with E-state index in [0.717, 1.165) is 54.2 Å². The van der Waals surface area contributed by atoms with E-state index in [9.17, 15) is 121 Å². The van der Waals surface area contributed by atoms with E-state index < -0.39 is 261 Å². The SMILES string of the molecule is CCC(C)C1NC(=O)C(CCC(=O)O)NC(=O)C(CC(N)=O)NC(=O)CNC(=O)C(C(OC)C(=O)O)NC(=O)C(C)NC(=O)C(CC(=O)O)NC(=O)C(C)NC(=O)CN(C)C(=O)C(NC(=O)C(NC(=O)C(CCC(=O)O)NC(=O)C(Cc2c[nH]c3ccccc23)NC(=O)CCCCCCC(C)C)C(O)C(N)=O)C(C)OC1=O. The number of hydrogen-bond acceptors (Lipinski definition) is 23. The molecular weight excluding hydrogens is 1480 g/mol. The lowest BCUT2D eigenvalue weighted by atomic mass is 9.98. The molecule has 1 saturated heterocycles. The fraction of sp³-hybridized carbons (Fsp3) is 0.594. The highest BCUT2D eigenvalue weighted by Gasteiger charge is 2.43. The van der Waals surface area contributed by atoms with Gasteiger partial charge in [-0.1, -0.05) is 78.0 Å². The number of aromatic nitrogens is 1. The Labute approximate surface area is 641 Å². The number of amides is 15. The summed E-state index contributed by atoms with van der Waals surface area (Å²) in [5, 5.41) is 77.2. The molecule has 0 bridgehead atoms. The lowest BCUT2D eigenvalue weighted by Crippen LogP contribution is -2.64. The molecule has 620 valence electrons. The molecule has 1 aliphatic rings. The number of carbonyl (C=O) groups excluding carboxylic acids is 16. The number of aliphatic hydroxyl groups excluding tert-OH is 1. The van der Waals surface area contributed by atoms with E-state index in [2.05, 4.69) is 61.4 Å². The second-order valence-electron chi connectivity index (χ2n) is 27.2. The summed E-state index contributed by atoms with van der Waals surface area (Å²) in [5.74, 6) is -29.1. The summed E-state index contributed by atoms with van der Waals surface area (Å²) < 4.78 is 10.6. The van der Waals surface area contributed by atoms with Crippen molar-refractivity contribution in [1.82, 2.24) is 73.7 Å². The second kappa shape index (κ2) is 45.9. The first-order valence-corrected chi connectivity index (χ1v) is 35.8. The van der Waals surface area contributed by atoms with Gasteiger partial charge in [-0.2, -0.15) is 0 Å². The molecule has 43 nitrogen and oxygen atoms in total. The Morgan fingerprint density at radius 3 is 1.80 bits per heavy atom. The molecule has 1 fully saturated rings. The maximum absolute atomic E-state index is 14.9. The lowest BCUT2D eigenvalue weighted by molar-refractivity contribution is -0.159. The maximum Gasteiger partial charge on any atom is 0.335 e. The van der Waals surface area contributed by atoms with Crippen molar-refractivity contribution in [2.75, 3.05) is 27.2 Å². The molecule has 43 heteroatoms. The number of benzene rings is 1. The molecule has 15 atom stereocenters. The van der Waals surface area contributed by atoms with E-state index in [1.54, 1.807) is 30.5 Å². The van der Waals surface area contributed by atoms with Crippen LogP contribution in [0.15, 0.2) is 30.5 Å². The summed E-state index contributed by atoms with van der Waals surface area (Å²) in [6.45, 7) is 7.55. The molecule has 2 heterocycles. The first-order chi connectivity index (χ1) is 52.5. The number of aliphatic hydroxyl groups is 1. The highest BCUT2D eigenvalue weighted by Crippen LogP contribution is 2.21. The number of likely N-dealkylation sites (N-methyl/N-ethyl adjacent to an activating group) is 1. The van der Waals surface area contributed by atoms with E-state index in [4.69, 9.17) is 20.9 Å². The normalized spacial score (nSPS) is 22.2. The summed E-state index contributed by atoms with van der Waals surface area (Å²) in [5.41, 5.74) is 12.0. The van der Waals surface area contributed by atoms with Gasteiger partial charge in [0, 0.05) is 56.9 Å². The summed E-state index contributed by atoms with van der Waals surface area (Å²) >= 11 is 0. The number of nitrogens with zero attached hydrogens (tertiary/aromatic N) is 1. The Balaban J connectivity index is 2.24. The van der Waals surface area contributed by atoms with Gasteiger partial charge < -0.3 is 120 Å². The Bertz CT molecular complexity index is 3780. The van der Waals surface area contributed by atoms with E-state index in [0.29, 0.717) is 40.1 Å². The van der Waals surface area contributed by atoms with Gasteiger partial charge in [-0.15, -0.1) is 0 Å². The maximum atomic E-state index is 14.9. The van der Waals surface area contributed by atoms with Crippen LogP contribution in [0, 0.1) is 11.8 Å². The molecule has 0 aliphatic carbocycles. The quantitative estimate of drug-likeness (QED) is 0.0233. The van der Waals surface area contributed by atoms with Gasteiger partial charge in [0.1, 0.15) is 72.6 Å². The lowest BCUT2D eigenvalue weighted by Gasteiger charge is -2.32. The van der Waals surface area contributed by atoms with E-state index in [1.807, 2.05) is 21.3 Å². The van der Waals surface area contributed by atoms with Crippen LogP contribution in [-0.4, -0.2) is 266 Å². The van der Waals surface area contributed by atoms with Crippen molar-refractivity contribution in [1.29, 1.82) is 0 Å². The molecule has 22 N–H and O–H groups in total. The third-order valence-electron chi connectivity index (χ3n) is 17.7. The number of esters is 1. The van der Waals surface area contributed by atoms with Crippen molar-refractivity contribution in [3.63, 3.8) is 0 Å². The molecule has 1 aliphatic heterocycles. The van der Waals surface area contributed by atoms with E-state index in [-0.39, 0.29) is 19.3 Å². The molecular formula is C69H102N16O27. The molecule has 15 amide bonds. The van der Waals surface area contributed by atoms with Gasteiger partial charge in [-0.25, -0.2) is 9.59 Å². The standard InChI is InChI=1S/C69H102N16O27/c1-10-32(4)51-69(110)112-35(7)52(82-66(106)53(55(96)57(71)97)83-61(101)40(22-24-49(92)93)78-63(103)41(25-36-28-72-38-19-16-15-18-37(36)38)76-45(87)20-14-12-11-13-17-31(2)3)67(107)85(8)30-47(89)74-33(5)58(98)80-43(27-50(94)95)62(102)75-34(6)59(99)84-54(56(111-9)68(108)109)65(105)73-29-46(88)77-42(26-44(70)86)64(104)79-39(60(100)81-51)21-23-48(90)91/h15-16,18-19,28,31-35,39-43,51-56,72,96H,10-14,17,20-27,29-30H2,1-9H3,(H2,70,86)(H2,71,97)(H,73,105)(H,74,89)(H,75,102)(H,76,87)(H,77,88)(H,78,103)(H,79,104)(H,80,98)(H,81,100)(H,82,106)(H,83,101)(H,84,99)(H,90,91)(H,92,93)(H,94,95)(H,108,109). The van der Waals surface area contributed by atoms with Crippen LogP contribution in [0.5, 0.6) is 0 Å². The largest absolute Gasteiger partial charge is 0.481 e. The first-order valence-electron chi connectivity index (χ1n) is 35.8. The van der Waals surface area contributed by atoms with E-state index in [1.165, 1.54) is 13.8 Å². The molecule has 1 aromatic heterocycles. The predicted octanol–water partition coefficient (Wildman–Crippen LogP) is -6.33. The monoisotopic (exact) mass is 1590 g/mol. The average Bonchev–Trinajstić information content (AvgIpc) is 1.74. The number of primary amides is 2. The van der Waals surface area contributed by atoms with Crippen molar-refractivity contribution in [2.24, 2.45) is 23.3 Å². The molecule has 15 unspecified atom stereocenters. The van der Waals surface area contributed by atoms with Gasteiger partial charge in [0.25, 0.3) is 0 Å². The third-order valence-corrected chi connectivity index (χ3v) is 17.7. The van der Waals surface area contributed by atoms with Crippen LogP contribution < -0.4 is 75.3 Å². The number of carboxylic acid groups (broad SMARTS) is 4. The van der Waals surface area contributed by atoms with Gasteiger partial charge >= 0.3 is 29.8 Å². The molecule has 1 aromatic carbocycles. The Morgan fingerprint density at radius 1 is 0.625 bits per heavy atom. The smallest absolute Gasteiger partial charge is 0.335 e. The minimum Gasteiger partial charge on any atom is -0.481 e. The number of carboxylic acids is 4. The van der Waals surface area contributed by atoms with Crippen molar-refractivity contribution in [2.45, 2.75) is 223 Å². The minimum absolute atomic E-state index is 0.0258. The summed E-state index contributed by atoms with van der Waals surface area (Å²) in [6, 6.07) is -15.6. The molecule has 0 spiro atoms. The highest BCUT2D eigenvalue weighted by atomic mass is 16.5. The van der Waals surface area contributed by atoms with Gasteiger partial charge in [-0.05, 0) is 63.5 Å². The van der Waals surface area contributed by atoms with E-state index >= 15 is 0 Å². The van der Waals surface area contributed by atoms with Crippen LogP contribution in [-0.2, 0) is 112 Å². The first kappa shape index (κ1) is 94.3. The number of cyclic esters (lactones) is 1. The van der Waals surface area contributed by atoms with Gasteiger partial charge in [0.15, 0.2) is 12.2 Å². The summed E-state index contributed by atoms with van der Waals surface area (Å²) in [4.78, 5) is 274. The second-order valence-corrected chi connectivity index (χ2v) is 27.2. The molecule has 112 heavy (non-hydrogen) atoms. The van der Waals surface area contributed by atoms with Crippen LogP contribution in [0.3, 0.4) is 0 Å². The zero-order chi connectivity index (χ0) is 84.5. The molecule has 2 aromatic rings. The number of aromatic amines is 1. The number of unbranched alkanes of at least 4 members (excludes halogenated alkanes) is 3. The molecule has 0 saturated carbocycles. The van der Waals surface area contributed by atoms with Crippen molar-refractivity contribution in [3.8, 4) is 0 Å². The summed E-state index contributed by atoms with van der Waals surface area (Å²) in [7, 11) is 1.69. The molecule has 0 radical (unpaired) electrons. The third kappa shape index (κ3) is 31.2. The van der Waals surface area contributed by atoms with Crippen LogP contribution in [0.2, 0.25) is 0 Å². The molecule has 3 rings (SSSR count). The minimum atomic E-state index is -2.80. The van der Waals surface area contributed by atoms with Gasteiger partial charge in [0.2, 0.25) is 88.6 Å². The number of aliphatic carboxylic acids is 4. The highest BCUT2D eigenvalue weighted by molar-refractivity contribution is 6.02. The topological polar surface area (TPSA) is 676 Å². The average molecular weight is 1590 g/mol. The number of methoxy groups -OCH3 is 1. The Morgan fingerprint density at radius 2 is 1.21 bits per heavy atom. The van der Waals surface area contributed by atoms with Crippen molar-refractivity contribution in [3.05, 3.63) is 36.0 Å². The number of H-pyrrole nitrogens is 1. The Kier molecular flexibility index (Phi) is 38.7. The number of carbonyl (C=O) groups is 20. The zero-order valence-corrected chi connectivity index (χ0v) is 63.3. The number of ether oxygens (including phenoxy) is 2. The number of fused-ring (bicyclic) bond motifs is 1. The number of nitrogens with one attached hydrogen (secondary N) is 13. The van der Waals surface area contributed by atoms with Gasteiger partial charge in [-0.3, -0.25) is 86.3 Å². The van der Waals surface area contributed by atoms with Crippen molar-refractivity contribution < 1.29 is 131 Å². The van der Waals surface area contributed by atoms with Gasteiger partial charge in [0.05, 0.1) is 25.9 Å². The Hall–Kier alpha value is -11.9. The predicted molar refractivity (Wildman–Crippen MR) is 386 cm³/mol. The zero-order valence-electron chi connectivity index (χ0n) is 63.3.